The highest BCUT2D eigenvalue weighted by molar-refractivity contribution is 7.89. The van der Waals surface area contributed by atoms with Crippen molar-refractivity contribution in [2.45, 2.75) is 62.4 Å². The molecule has 1 aromatic rings. The fourth-order valence-corrected chi connectivity index (χ4v) is 6.03. The van der Waals surface area contributed by atoms with Crippen LogP contribution in [0.1, 0.15) is 45.4 Å². The van der Waals surface area contributed by atoms with E-state index in [1.54, 1.807) is 0 Å². The summed E-state index contributed by atoms with van der Waals surface area (Å²) < 4.78 is 33.1. The number of nitrogens with zero attached hydrogens (tertiary/aromatic N) is 1. The van der Waals surface area contributed by atoms with Gasteiger partial charge in [-0.1, -0.05) is 6.92 Å². The van der Waals surface area contributed by atoms with Crippen molar-refractivity contribution in [2.75, 3.05) is 18.5 Å². The van der Waals surface area contributed by atoms with Crippen LogP contribution < -0.4 is 15.4 Å². The van der Waals surface area contributed by atoms with Crippen LogP contribution >= 0.6 is 0 Å². The maximum Gasteiger partial charge on any atom is 0.262 e. The van der Waals surface area contributed by atoms with Gasteiger partial charge < -0.3 is 15.4 Å². The van der Waals surface area contributed by atoms with E-state index in [2.05, 4.69) is 17.6 Å². The zero-order chi connectivity index (χ0) is 20.6. The van der Waals surface area contributed by atoms with E-state index in [1.165, 1.54) is 22.5 Å². The third-order valence-electron chi connectivity index (χ3n) is 6.06. The van der Waals surface area contributed by atoms with Gasteiger partial charge in [0.1, 0.15) is 11.8 Å². The second kappa shape index (κ2) is 7.95. The molecule has 0 bridgehead atoms. The third-order valence-corrected chi connectivity index (χ3v) is 7.96. The molecular formula is C20H27N3O5S. The largest absolute Gasteiger partial charge is 0.482 e. The van der Waals surface area contributed by atoms with Crippen LogP contribution in [0.4, 0.5) is 5.69 Å². The summed E-state index contributed by atoms with van der Waals surface area (Å²) in [4.78, 5) is 24.5. The van der Waals surface area contributed by atoms with Crippen LogP contribution in [0.15, 0.2) is 23.1 Å². The van der Waals surface area contributed by atoms with Crippen LogP contribution in [0.2, 0.25) is 0 Å². The lowest BCUT2D eigenvalue weighted by molar-refractivity contribution is -0.125. The Kier molecular flexibility index (Phi) is 5.52. The summed E-state index contributed by atoms with van der Waals surface area (Å²) >= 11 is 0. The molecule has 9 heteroatoms. The molecule has 158 valence electrons. The summed E-state index contributed by atoms with van der Waals surface area (Å²) in [5.41, 5.74) is 0.332. The highest BCUT2D eigenvalue weighted by atomic mass is 32.2. The van der Waals surface area contributed by atoms with E-state index >= 15 is 0 Å². The third kappa shape index (κ3) is 4.11. The van der Waals surface area contributed by atoms with Gasteiger partial charge >= 0.3 is 0 Å². The number of ether oxygens (including phenoxy) is 1. The van der Waals surface area contributed by atoms with Crippen molar-refractivity contribution in [3.8, 4) is 5.75 Å². The lowest BCUT2D eigenvalue weighted by Crippen LogP contribution is -2.49. The Morgan fingerprint density at radius 1 is 1.21 bits per heavy atom. The summed E-state index contributed by atoms with van der Waals surface area (Å²) in [5, 5.41) is 5.70. The standard InChI is InChI=1S/C20H27N3O5S/c1-13-4-6-14(7-5-13)21-20(25)17-3-2-10-23(17)29(26,27)15-8-9-18-16(11-15)22-19(24)12-28-18/h8-9,11,13-14,17H,2-7,10,12H2,1H3,(H,21,25)(H,22,24). The number of nitrogens with one attached hydrogen (secondary N) is 2. The molecule has 0 aromatic heterocycles. The van der Waals surface area contributed by atoms with Gasteiger partial charge in [0.05, 0.1) is 10.6 Å². The van der Waals surface area contributed by atoms with Crippen LogP contribution in [0.5, 0.6) is 5.75 Å². The van der Waals surface area contributed by atoms with Crippen LogP contribution in [0.25, 0.3) is 0 Å². The smallest absolute Gasteiger partial charge is 0.262 e. The first-order valence-corrected chi connectivity index (χ1v) is 11.7. The van der Waals surface area contributed by atoms with Crippen molar-refractivity contribution >= 4 is 27.5 Å². The summed E-state index contributed by atoms with van der Waals surface area (Å²) in [5.74, 6) is 0.582. The molecule has 4 rings (SSSR count). The zero-order valence-electron chi connectivity index (χ0n) is 16.5. The van der Waals surface area contributed by atoms with E-state index in [4.69, 9.17) is 4.74 Å². The van der Waals surface area contributed by atoms with Crippen molar-refractivity contribution in [2.24, 2.45) is 5.92 Å². The molecule has 3 aliphatic rings. The molecule has 1 saturated carbocycles. The summed E-state index contributed by atoms with van der Waals surface area (Å²) in [6, 6.07) is 3.83. The molecule has 2 amide bonds. The number of anilines is 1. The van der Waals surface area contributed by atoms with Gasteiger partial charge in [-0.25, -0.2) is 8.42 Å². The molecule has 1 saturated heterocycles. The fraction of sp³-hybridized carbons (Fsp3) is 0.600. The van der Waals surface area contributed by atoms with Gasteiger partial charge in [-0.3, -0.25) is 9.59 Å². The van der Waals surface area contributed by atoms with Crippen molar-refractivity contribution < 1.29 is 22.7 Å². The Morgan fingerprint density at radius 2 is 1.97 bits per heavy atom. The first-order valence-electron chi connectivity index (χ1n) is 10.2. The molecule has 8 nitrogen and oxygen atoms in total. The Balaban J connectivity index is 1.51. The molecule has 1 unspecified atom stereocenters. The van der Waals surface area contributed by atoms with Gasteiger partial charge in [0.2, 0.25) is 15.9 Å². The number of sulfonamides is 1. The maximum absolute atomic E-state index is 13.2. The topological polar surface area (TPSA) is 105 Å². The van der Waals surface area contributed by atoms with Gasteiger partial charge in [0, 0.05) is 12.6 Å². The van der Waals surface area contributed by atoms with E-state index in [9.17, 15) is 18.0 Å². The van der Waals surface area contributed by atoms with E-state index in [0.717, 1.165) is 25.7 Å². The summed E-state index contributed by atoms with van der Waals surface area (Å²) in [7, 11) is -3.87. The second-order valence-corrected chi connectivity index (χ2v) is 10.1. The number of fused-ring (bicyclic) bond motifs is 1. The van der Waals surface area contributed by atoms with E-state index < -0.39 is 16.1 Å². The molecule has 2 N–H and O–H groups in total. The second-order valence-electron chi connectivity index (χ2n) is 8.23. The minimum absolute atomic E-state index is 0.0493. The number of carbonyl (C=O) groups is 2. The summed E-state index contributed by atoms with van der Waals surface area (Å²) in [6.07, 6.45) is 5.21. The minimum Gasteiger partial charge on any atom is -0.482 e. The van der Waals surface area contributed by atoms with Gasteiger partial charge in [-0.05, 0) is 62.6 Å². The molecule has 1 aliphatic carbocycles. The number of hydrogen-bond donors (Lipinski definition) is 2. The Labute approximate surface area is 171 Å². The molecule has 29 heavy (non-hydrogen) atoms. The molecule has 0 spiro atoms. The SMILES string of the molecule is CC1CCC(NC(=O)C2CCCN2S(=O)(=O)c2ccc3c(c2)NC(=O)CO3)CC1. The molecular weight excluding hydrogens is 394 g/mol. The normalized spacial score (nSPS) is 27.6. The van der Waals surface area contributed by atoms with Gasteiger partial charge in [0.15, 0.2) is 6.61 Å². The average Bonchev–Trinajstić information content (AvgIpc) is 3.20. The fourth-order valence-electron chi connectivity index (χ4n) is 4.35. The number of amides is 2. The van der Waals surface area contributed by atoms with Gasteiger partial charge in [-0.2, -0.15) is 4.31 Å². The van der Waals surface area contributed by atoms with Crippen molar-refractivity contribution in [3.63, 3.8) is 0 Å². The first kappa shape index (κ1) is 20.2. The maximum atomic E-state index is 13.2. The predicted octanol–water partition coefficient (Wildman–Crippen LogP) is 1.87. The Bertz CT molecular complexity index is 909. The highest BCUT2D eigenvalue weighted by Crippen LogP contribution is 2.33. The highest BCUT2D eigenvalue weighted by Gasteiger charge is 2.40. The number of benzene rings is 1. The molecule has 0 radical (unpaired) electrons. The average molecular weight is 422 g/mol. The molecule has 1 atom stereocenters. The van der Waals surface area contributed by atoms with E-state index in [1.807, 2.05) is 0 Å². The monoisotopic (exact) mass is 421 g/mol. The molecule has 2 heterocycles. The van der Waals surface area contributed by atoms with Crippen LogP contribution in [-0.2, 0) is 19.6 Å². The van der Waals surface area contributed by atoms with E-state index in [0.29, 0.717) is 36.7 Å². The van der Waals surface area contributed by atoms with Crippen LogP contribution in [0, 0.1) is 5.92 Å². The van der Waals surface area contributed by atoms with Crippen molar-refractivity contribution in [1.82, 2.24) is 9.62 Å². The molecule has 1 aromatic carbocycles. The van der Waals surface area contributed by atoms with Crippen molar-refractivity contribution in [1.29, 1.82) is 0 Å². The number of carbonyl (C=O) groups excluding carboxylic acids is 2. The Hall–Kier alpha value is -2.13. The lowest BCUT2D eigenvalue weighted by Gasteiger charge is -2.30. The van der Waals surface area contributed by atoms with Crippen LogP contribution in [0.3, 0.4) is 0 Å². The number of hydrogen-bond acceptors (Lipinski definition) is 5. The molecule has 2 aliphatic heterocycles. The van der Waals surface area contributed by atoms with Crippen LogP contribution in [-0.4, -0.2) is 49.8 Å². The van der Waals surface area contributed by atoms with Gasteiger partial charge in [-0.15, -0.1) is 0 Å². The predicted molar refractivity (Wildman–Crippen MR) is 107 cm³/mol. The quantitative estimate of drug-likeness (QED) is 0.772. The first-order chi connectivity index (χ1) is 13.8. The Morgan fingerprint density at radius 3 is 2.72 bits per heavy atom. The van der Waals surface area contributed by atoms with Crippen molar-refractivity contribution in [3.05, 3.63) is 18.2 Å². The van der Waals surface area contributed by atoms with Gasteiger partial charge in [0.25, 0.3) is 5.91 Å². The number of rotatable bonds is 4. The molecule has 2 fully saturated rings. The summed E-state index contributed by atoms with van der Waals surface area (Å²) in [6.45, 7) is 2.44. The zero-order valence-corrected chi connectivity index (χ0v) is 17.3. The lowest BCUT2D eigenvalue weighted by atomic mass is 9.87. The van der Waals surface area contributed by atoms with E-state index in [-0.39, 0.29) is 29.4 Å². The minimum atomic E-state index is -3.87.